The van der Waals surface area contributed by atoms with Gasteiger partial charge in [0.15, 0.2) is 0 Å². The summed E-state index contributed by atoms with van der Waals surface area (Å²) in [5, 5.41) is 3.16. The molecule has 2 aromatic rings. The van der Waals surface area contributed by atoms with E-state index in [9.17, 15) is 4.79 Å². The number of nitrogens with one attached hydrogen (secondary N) is 1. The third-order valence-electron chi connectivity index (χ3n) is 4.28. The Morgan fingerprint density at radius 1 is 1.15 bits per heavy atom. The lowest BCUT2D eigenvalue weighted by Crippen LogP contribution is -2.46. The van der Waals surface area contributed by atoms with Crippen LogP contribution in [0.4, 0.5) is 0 Å². The van der Waals surface area contributed by atoms with Crippen molar-refractivity contribution in [2.45, 2.75) is 6.17 Å². The molecule has 2 aromatic carbocycles. The molecule has 1 atom stereocenters. The van der Waals surface area contributed by atoms with Crippen molar-refractivity contribution in [1.29, 1.82) is 0 Å². The van der Waals surface area contributed by atoms with E-state index in [0.29, 0.717) is 25.4 Å². The Morgan fingerprint density at radius 2 is 1.85 bits per heavy atom. The molecule has 26 heavy (non-hydrogen) atoms. The van der Waals surface area contributed by atoms with Crippen molar-refractivity contribution >= 4 is 5.91 Å². The van der Waals surface area contributed by atoms with Gasteiger partial charge in [0.05, 0.1) is 13.2 Å². The zero-order valence-electron chi connectivity index (χ0n) is 14.8. The highest BCUT2D eigenvalue weighted by atomic mass is 16.5. The first-order valence-corrected chi connectivity index (χ1v) is 8.79. The van der Waals surface area contributed by atoms with Crippen LogP contribution in [0, 0.1) is 0 Å². The van der Waals surface area contributed by atoms with E-state index in [1.807, 2.05) is 54.6 Å². The van der Waals surface area contributed by atoms with Crippen molar-refractivity contribution in [3.63, 3.8) is 0 Å². The van der Waals surface area contributed by atoms with Crippen LogP contribution >= 0.6 is 0 Å². The molecule has 1 aliphatic rings. The topological polar surface area (TPSA) is 50.8 Å². The molecule has 136 valence electrons. The first kappa shape index (κ1) is 18.2. The molecule has 1 unspecified atom stereocenters. The zero-order valence-corrected chi connectivity index (χ0v) is 14.8. The molecule has 1 aliphatic heterocycles. The number of hydrogen-bond donors (Lipinski definition) is 1. The maximum Gasteiger partial charge on any atom is 0.252 e. The number of nitrogens with zero attached hydrogens (tertiary/aromatic N) is 1. The molecule has 0 saturated carbocycles. The molecule has 0 aliphatic carbocycles. The summed E-state index contributed by atoms with van der Waals surface area (Å²) in [6.45, 7) is 7.00. The van der Waals surface area contributed by atoms with E-state index >= 15 is 0 Å². The summed E-state index contributed by atoms with van der Waals surface area (Å²) >= 11 is 0. The number of carbonyl (C=O) groups excluding carboxylic acids is 1. The molecule has 1 heterocycles. The Hall–Kier alpha value is -2.63. The first-order chi connectivity index (χ1) is 12.8. The van der Waals surface area contributed by atoms with E-state index < -0.39 is 0 Å². The van der Waals surface area contributed by atoms with Crippen LogP contribution in [0.15, 0.2) is 67.3 Å². The van der Waals surface area contributed by atoms with Crippen molar-refractivity contribution in [3.8, 4) is 5.75 Å². The number of benzene rings is 2. The SMILES string of the molecule is C=CCOc1ccc(C(NC(=O)c2ccccc2)N2CCOCC2)cc1. The molecule has 0 bridgehead atoms. The summed E-state index contributed by atoms with van der Waals surface area (Å²) in [6.07, 6.45) is 1.50. The van der Waals surface area contributed by atoms with Gasteiger partial charge in [0.1, 0.15) is 18.5 Å². The molecule has 3 rings (SSSR count). The number of carbonyl (C=O) groups is 1. The van der Waals surface area contributed by atoms with Gasteiger partial charge in [0.2, 0.25) is 0 Å². The molecule has 0 radical (unpaired) electrons. The van der Waals surface area contributed by atoms with Crippen molar-refractivity contribution in [2.24, 2.45) is 0 Å². The summed E-state index contributed by atoms with van der Waals surface area (Å²) in [6, 6.07) is 17.1. The van der Waals surface area contributed by atoms with Gasteiger partial charge in [-0.25, -0.2) is 0 Å². The Balaban J connectivity index is 1.78. The number of amides is 1. The average molecular weight is 352 g/mol. The van der Waals surface area contributed by atoms with Gasteiger partial charge in [0.25, 0.3) is 5.91 Å². The molecular formula is C21H24N2O3. The molecular weight excluding hydrogens is 328 g/mol. The smallest absolute Gasteiger partial charge is 0.252 e. The zero-order chi connectivity index (χ0) is 18.2. The quantitative estimate of drug-likeness (QED) is 0.779. The van der Waals surface area contributed by atoms with E-state index in [4.69, 9.17) is 9.47 Å². The average Bonchev–Trinajstić information content (AvgIpc) is 2.72. The van der Waals surface area contributed by atoms with Crippen LogP contribution < -0.4 is 10.1 Å². The van der Waals surface area contributed by atoms with Crippen molar-refractivity contribution in [2.75, 3.05) is 32.9 Å². The summed E-state index contributed by atoms with van der Waals surface area (Å²) in [7, 11) is 0. The van der Waals surface area contributed by atoms with Gasteiger partial charge in [0, 0.05) is 18.7 Å². The predicted molar refractivity (Wildman–Crippen MR) is 101 cm³/mol. The molecule has 1 amide bonds. The molecule has 1 fully saturated rings. The van der Waals surface area contributed by atoms with Gasteiger partial charge in [-0.3, -0.25) is 9.69 Å². The Kier molecular flexibility index (Phi) is 6.41. The normalized spacial score (nSPS) is 15.8. The van der Waals surface area contributed by atoms with Crippen LogP contribution in [0.3, 0.4) is 0 Å². The van der Waals surface area contributed by atoms with Crippen molar-refractivity contribution in [3.05, 3.63) is 78.4 Å². The minimum atomic E-state index is -0.208. The van der Waals surface area contributed by atoms with Gasteiger partial charge in [-0.1, -0.05) is 43.0 Å². The molecule has 0 spiro atoms. The maximum atomic E-state index is 12.7. The number of ether oxygens (including phenoxy) is 2. The van der Waals surface area contributed by atoms with Gasteiger partial charge in [-0.05, 0) is 29.8 Å². The monoisotopic (exact) mass is 352 g/mol. The summed E-state index contributed by atoms with van der Waals surface area (Å²) in [5.74, 6) is 0.692. The molecule has 5 nitrogen and oxygen atoms in total. The molecule has 1 saturated heterocycles. The highest BCUT2D eigenvalue weighted by Gasteiger charge is 2.24. The lowest BCUT2D eigenvalue weighted by molar-refractivity contribution is 0.00846. The van der Waals surface area contributed by atoms with E-state index in [2.05, 4.69) is 16.8 Å². The van der Waals surface area contributed by atoms with Crippen molar-refractivity contribution in [1.82, 2.24) is 10.2 Å². The summed E-state index contributed by atoms with van der Waals surface area (Å²) in [5.41, 5.74) is 1.67. The maximum absolute atomic E-state index is 12.7. The molecule has 5 heteroatoms. The van der Waals surface area contributed by atoms with Crippen molar-refractivity contribution < 1.29 is 14.3 Å². The number of hydrogen-bond acceptors (Lipinski definition) is 4. The van der Waals surface area contributed by atoms with Crippen LogP contribution in [0.5, 0.6) is 5.75 Å². The standard InChI is InChI=1S/C21H24N2O3/c1-2-14-26-19-10-8-17(9-11-19)20(23-12-15-25-16-13-23)22-21(24)18-6-4-3-5-7-18/h2-11,20H,1,12-16H2,(H,22,24). The third kappa shape index (κ3) is 4.71. The second kappa shape index (κ2) is 9.17. The second-order valence-corrected chi connectivity index (χ2v) is 6.06. The van der Waals surface area contributed by atoms with Crippen LogP contribution in [0.1, 0.15) is 22.1 Å². The first-order valence-electron chi connectivity index (χ1n) is 8.79. The molecule has 0 aromatic heterocycles. The minimum absolute atomic E-state index is 0.0888. The van der Waals surface area contributed by atoms with Gasteiger partial charge >= 0.3 is 0 Å². The lowest BCUT2D eigenvalue weighted by atomic mass is 10.1. The van der Waals surface area contributed by atoms with E-state index in [1.165, 1.54) is 0 Å². The molecule has 1 N–H and O–H groups in total. The largest absolute Gasteiger partial charge is 0.490 e. The van der Waals surface area contributed by atoms with E-state index in [0.717, 1.165) is 24.4 Å². The number of rotatable bonds is 7. The Morgan fingerprint density at radius 3 is 2.50 bits per heavy atom. The summed E-state index contributed by atoms with van der Waals surface area (Å²) < 4.78 is 11.0. The second-order valence-electron chi connectivity index (χ2n) is 6.06. The lowest BCUT2D eigenvalue weighted by Gasteiger charge is -2.35. The highest BCUT2D eigenvalue weighted by Crippen LogP contribution is 2.23. The van der Waals surface area contributed by atoms with Gasteiger partial charge < -0.3 is 14.8 Å². The van der Waals surface area contributed by atoms with E-state index in [-0.39, 0.29) is 12.1 Å². The van der Waals surface area contributed by atoms with Gasteiger partial charge in [-0.15, -0.1) is 0 Å². The minimum Gasteiger partial charge on any atom is -0.490 e. The predicted octanol–water partition coefficient (Wildman–Crippen LogP) is 3.01. The fourth-order valence-electron chi connectivity index (χ4n) is 2.92. The highest BCUT2D eigenvalue weighted by molar-refractivity contribution is 5.94. The Bertz CT molecular complexity index is 710. The van der Waals surface area contributed by atoms with Crippen LogP contribution in [-0.2, 0) is 4.74 Å². The third-order valence-corrected chi connectivity index (χ3v) is 4.28. The van der Waals surface area contributed by atoms with E-state index in [1.54, 1.807) is 6.08 Å². The van der Waals surface area contributed by atoms with Gasteiger partial charge in [-0.2, -0.15) is 0 Å². The fraction of sp³-hybridized carbons (Fsp3) is 0.286. The fourth-order valence-corrected chi connectivity index (χ4v) is 2.92. The summed E-state index contributed by atoms with van der Waals surface area (Å²) in [4.78, 5) is 14.9. The van der Waals surface area contributed by atoms with Crippen LogP contribution in [0.2, 0.25) is 0 Å². The van der Waals surface area contributed by atoms with Crippen LogP contribution in [-0.4, -0.2) is 43.7 Å². The Labute approximate surface area is 154 Å². The van der Waals surface area contributed by atoms with Crippen LogP contribution in [0.25, 0.3) is 0 Å². The number of morpholine rings is 1.